The Morgan fingerprint density at radius 1 is 1.03 bits per heavy atom. The zero-order valence-electron chi connectivity index (χ0n) is 17.6. The van der Waals surface area contributed by atoms with E-state index in [-0.39, 0.29) is 12.6 Å². The van der Waals surface area contributed by atoms with Crippen molar-refractivity contribution in [1.29, 1.82) is 0 Å². The summed E-state index contributed by atoms with van der Waals surface area (Å²) in [5.41, 5.74) is 1.11. The van der Waals surface area contributed by atoms with E-state index in [1.807, 2.05) is 87.5 Å². The topological polar surface area (TPSA) is 55.8 Å². The van der Waals surface area contributed by atoms with Gasteiger partial charge in [0.25, 0.3) is 0 Å². The number of esters is 1. The first-order valence-corrected chi connectivity index (χ1v) is 10.3. The van der Waals surface area contributed by atoms with Crippen molar-refractivity contribution in [2.45, 2.75) is 57.4 Å². The van der Waals surface area contributed by atoms with Crippen molar-refractivity contribution in [1.82, 2.24) is 4.90 Å². The lowest BCUT2D eigenvalue weighted by Gasteiger charge is -2.34. The van der Waals surface area contributed by atoms with Crippen LogP contribution in [-0.2, 0) is 20.9 Å². The van der Waals surface area contributed by atoms with Crippen LogP contribution >= 0.6 is 0 Å². The molecule has 0 N–H and O–H groups in total. The molecule has 0 aliphatic carbocycles. The Kier molecular flexibility index (Phi) is 5.14. The predicted molar refractivity (Wildman–Crippen MR) is 114 cm³/mol. The van der Waals surface area contributed by atoms with E-state index in [1.165, 1.54) is 0 Å². The molecule has 1 fully saturated rings. The second-order valence-corrected chi connectivity index (χ2v) is 8.86. The smallest absolute Gasteiger partial charge is 0.411 e. The van der Waals surface area contributed by atoms with Gasteiger partial charge in [0.15, 0.2) is 5.54 Å². The molecule has 0 aromatic heterocycles. The third-order valence-electron chi connectivity index (χ3n) is 5.56. The summed E-state index contributed by atoms with van der Waals surface area (Å²) < 4.78 is 11.4. The molecule has 5 nitrogen and oxygen atoms in total. The van der Waals surface area contributed by atoms with Gasteiger partial charge in [-0.3, -0.25) is 4.90 Å². The van der Waals surface area contributed by atoms with Crippen LogP contribution in [0.15, 0.2) is 66.7 Å². The van der Waals surface area contributed by atoms with Gasteiger partial charge in [0, 0.05) is 0 Å². The number of carbonyl (C=O) groups is 2. The van der Waals surface area contributed by atoms with Crippen LogP contribution in [-0.4, -0.2) is 34.1 Å². The average molecular weight is 405 g/mol. The molecule has 2 aromatic rings. The van der Waals surface area contributed by atoms with Gasteiger partial charge in [0.05, 0.1) is 6.04 Å². The number of rotatable bonds is 4. The Bertz CT molecular complexity index is 962. The standard InChI is InChI=1S/C25H27NO4/c1-24(2,3)30-22(27)25-15-14-21(20(16-25)19-12-8-5-9-13-19)26(25)23(28)29-17-18-10-6-4-7-11-18/h4-13,16,21H,14-15,17H2,1-3H3/t21-,25+/m1/s1. The lowest BCUT2D eigenvalue weighted by atomic mass is 9.87. The second-order valence-electron chi connectivity index (χ2n) is 8.86. The van der Waals surface area contributed by atoms with E-state index in [4.69, 9.17) is 9.47 Å². The molecule has 0 radical (unpaired) electrons. The summed E-state index contributed by atoms with van der Waals surface area (Å²) in [6.07, 6.45) is 2.65. The fraction of sp³-hybridized carbons (Fsp3) is 0.360. The first kappa shape index (κ1) is 20.2. The Balaban J connectivity index is 1.64. The van der Waals surface area contributed by atoms with Gasteiger partial charge in [0.2, 0.25) is 0 Å². The fourth-order valence-electron chi connectivity index (χ4n) is 4.29. The van der Waals surface area contributed by atoms with Crippen molar-refractivity contribution >= 4 is 17.6 Å². The van der Waals surface area contributed by atoms with E-state index in [0.29, 0.717) is 12.8 Å². The quantitative estimate of drug-likeness (QED) is 0.674. The van der Waals surface area contributed by atoms with Crippen LogP contribution in [0.5, 0.6) is 0 Å². The van der Waals surface area contributed by atoms with Crippen molar-refractivity contribution in [2.24, 2.45) is 0 Å². The highest BCUT2D eigenvalue weighted by atomic mass is 16.6. The van der Waals surface area contributed by atoms with E-state index >= 15 is 0 Å². The molecule has 30 heavy (non-hydrogen) atoms. The summed E-state index contributed by atoms with van der Waals surface area (Å²) >= 11 is 0. The van der Waals surface area contributed by atoms with Crippen LogP contribution in [0, 0.1) is 0 Å². The molecule has 2 bridgehead atoms. The summed E-state index contributed by atoms with van der Waals surface area (Å²) in [5.74, 6) is -0.403. The van der Waals surface area contributed by atoms with Gasteiger partial charge in [-0.1, -0.05) is 60.7 Å². The zero-order chi connectivity index (χ0) is 21.4. The minimum atomic E-state index is -1.13. The maximum Gasteiger partial charge on any atom is 0.411 e. The second kappa shape index (κ2) is 7.63. The zero-order valence-corrected chi connectivity index (χ0v) is 17.6. The molecule has 2 atom stereocenters. The summed E-state index contributed by atoms with van der Waals surface area (Å²) in [7, 11) is 0. The number of hydrogen-bond donors (Lipinski definition) is 0. The summed E-state index contributed by atoms with van der Waals surface area (Å²) in [6, 6.07) is 19.2. The van der Waals surface area contributed by atoms with Crippen LogP contribution in [0.2, 0.25) is 0 Å². The summed E-state index contributed by atoms with van der Waals surface area (Å²) in [6.45, 7) is 5.67. The molecular weight excluding hydrogens is 378 g/mol. The van der Waals surface area contributed by atoms with Gasteiger partial charge in [-0.15, -0.1) is 0 Å². The largest absolute Gasteiger partial charge is 0.458 e. The summed E-state index contributed by atoms with van der Waals surface area (Å²) in [4.78, 5) is 28.1. The SMILES string of the molecule is CC(C)(C)OC(=O)[C@@]12C=C(c3ccccc3)[C@@H](CC1)N2C(=O)OCc1ccccc1. The lowest BCUT2D eigenvalue weighted by molar-refractivity contribution is -0.164. The minimum Gasteiger partial charge on any atom is -0.458 e. The number of amides is 1. The molecule has 5 heteroatoms. The van der Waals surface area contributed by atoms with Crippen LogP contribution in [0.4, 0.5) is 4.79 Å². The van der Waals surface area contributed by atoms with E-state index in [2.05, 4.69) is 0 Å². The van der Waals surface area contributed by atoms with E-state index in [1.54, 1.807) is 4.90 Å². The maximum absolute atomic E-state index is 13.3. The molecule has 2 aromatic carbocycles. The summed E-state index contributed by atoms with van der Waals surface area (Å²) in [5, 5.41) is 0. The Hall–Kier alpha value is -3.08. The molecule has 1 saturated heterocycles. The van der Waals surface area contributed by atoms with Crippen molar-refractivity contribution < 1.29 is 19.1 Å². The van der Waals surface area contributed by atoms with Crippen LogP contribution < -0.4 is 0 Å². The van der Waals surface area contributed by atoms with Gasteiger partial charge in [-0.2, -0.15) is 0 Å². The molecule has 0 saturated carbocycles. The number of benzene rings is 2. The van der Waals surface area contributed by atoms with Crippen LogP contribution in [0.25, 0.3) is 5.57 Å². The first-order chi connectivity index (χ1) is 14.3. The Morgan fingerprint density at radius 3 is 2.30 bits per heavy atom. The fourth-order valence-corrected chi connectivity index (χ4v) is 4.29. The van der Waals surface area contributed by atoms with Crippen molar-refractivity contribution in [3.05, 3.63) is 77.9 Å². The van der Waals surface area contributed by atoms with Crippen molar-refractivity contribution in [2.75, 3.05) is 0 Å². The highest BCUT2D eigenvalue weighted by molar-refractivity contribution is 5.97. The molecule has 2 aliphatic rings. The lowest BCUT2D eigenvalue weighted by Crippen LogP contribution is -2.53. The third kappa shape index (κ3) is 3.72. The van der Waals surface area contributed by atoms with Crippen molar-refractivity contribution in [3.63, 3.8) is 0 Å². The number of fused-ring (bicyclic) bond motifs is 2. The average Bonchev–Trinajstić information content (AvgIpc) is 3.27. The molecular formula is C25H27NO4. The predicted octanol–water partition coefficient (Wildman–Crippen LogP) is 4.97. The molecule has 4 rings (SSSR count). The Labute approximate surface area is 177 Å². The van der Waals surface area contributed by atoms with Gasteiger partial charge in [-0.05, 0) is 56.4 Å². The first-order valence-electron chi connectivity index (χ1n) is 10.3. The highest BCUT2D eigenvalue weighted by Gasteiger charge is 2.60. The molecule has 2 aliphatic heterocycles. The number of hydrogen-bond acceptors (Lipinski definition) is 4. The van der Waals surface area contributed by atoms with Crippen molar-refractivity contribution in [3.8, 4) is 0 Å². The molecule has 1 amide bonds. The molecule has 2 heterocycles. The highest BCUT2D eigenvalue weighted by Crippen LogP contribution is 2.50. The van der Waals surface area contributed by atoms with Gasteiger partial charge in [-0.25, -0.2) is 9.59 Å². The van der Waals surface area contributed by atoms with Gasteiger partial charge >= 0.3 is 12.1 Å². The normalized spacial score (nSPS) is 22.6. The number of carbonyl (C=O) groups excluding carboxylic acids is 2. The van der Waals surface area contributed by atoms with E-state index in [0.717, 1.165) is 16.7 Å². The number of nitrogens with zero attached hydrogens (tertiary/aromatic N) is 1. The molecule has 0 unspecified atom stereocenters. The minimum absolute atomic E-state index is 0.161. The monoisotopic (exact) mass is 405 g/mol. The molecule has 156 valence electrons. The Morgan fingerprint density at radius 2 is 1.67 bits per heavy atom. The maximum atomic E-state index is 13.3. The van der Waals surface area contributed by atoms with Gasteiger partial charge < -0.3 is 9.47 Å². The third-order valence-corrected chi connectivity index (χ3v) is 5.56. The number of ether oxygens (including phenoxy) is 2. The molecule has 0 spiro atoms. The van der Waals surface area contributed by atoms with E-state index in [9.17, 15) is 9.59 Å². The van der Waals surface area contributed by atoms with Gasteiger partial charge in [0.1, 0.15) is 12.2 Å². The van der Waals surface area contributed by atoms with Crippen LogP contribution in [0.3, 0.4) is 0 Å². The van der Waals surface area contributed by atoms with E-state index < -0.39 is 23.2 Å². The van der Waals surface area contributed by atoms with Crippen LogP contribution in [0.1, 0.15) is 44.7 Å².